The van der Waals surface area contributed by atoms with Crippen molar-refractivity contribution in [1.82, 2.24) is 10.6 Å². The number of rotatable bonds is 5. The first kappa shape index (κ1) is 19.1. The van der Waals surface area contributed by atoms with Crippen molar-refractivity contribution in [3.63, 3.8) is 0 Å². The molecular weight excluding hydrogens is 414 g/mol. The zero-order valence-corrected chi connectivity index (χ0v) is 17.1. The number of urea groups is 1. The summed E-state index contributed by atoms with van der Waals surface area (Å²) in [6.07, 6.45) is 1.08. The molecule has 1 aliphatic heterocycles. The Bertz CT molecular complexity index is 770. The van der Waals surface area contributed by atoms with E-state index in [0.717, 1.165) is 29.5 Å². The Morgan fingerprint density at radius 2 is 2.12 bits per heavy atom. The average molecular weight is 437 g/mol. The molecule has 2 amide bonds. The van der Waals surface area contributed by atoms with E-state index in [1.54, 1.807) is 0 Å². The van der Waals surface area contributed by atoms with Crippen LogP contribution in [0.2, 0.25) is 5.02 Å². The lowest BCUT2D eigenvalue weighted by Crippen LogP contribution is -2.40. The lowest BCUT2D eigenvalue weighted by molar-refractivity contribution is 0.236. The molecule has 2 aromatic rings. The lowest BCUT2D eigenvalue weighted by Gasteiger charge is -2.20. The van der Waals surface area contributed by atoms with E-state index < -0.39 is 0 Å². The van der Waals surface area contributed by atoms with Gasteiger partial charge in [0.2, 0.25) is 0 Å². The molecule has 0 aliphatic carbocycles. The molecule has 0 spiro atoms. The quantitative estimate of drug-likeness (QED) is 0.693. The summed E-state index contributed by atoms with van der Waals surface area (Å²) in [6, 6.07) is 15.6. The predicted octanol–water partition coefficient (Wildman–Crippen LogP) is 4.99. The molecule has 0 bridgehead atoms. The van der Waals surface area contributed by atoms with Crippen LogP contribution in [0.4, 0.5) is 10.5 Å². The van der Waals surface area contributed by atoms with Crippen molar-refractivity contribution >= 4 is 39.2 Å². The van der Waals surface area contributed by atoms with E-state index in [1.165, 1.54) is 5.69 Å². The van der Waals surface area contributed by atoms with Crippen LogP contribution in [-0.4, -0.2) is 25.7 Å². The molecule has 1 fully saturated rings. The van der Waals surface area contributed by atoms with Crippen LogP contribution >= 0.6 is 27.5 Å². The minimum absolute atomic E-state index is 0.134. The fraction of sp³-hybridized carbons (Fsp3) is 0.350. The van der Waals surface area contributed by atoms with E-state index in [9.17, 15) is 4.79 Å². The summed E-state index contributed by atoms with van der Waals surface area (Å²) in [4.78, 5) is 14.6. The molecule has 0 aromatic heterocycles. The Balaban J connectivity index is 1.46. The summed E-state index contributed by atoms with van der Waals surface area (Å²) in [6.45, 7) is 4.58. The highest BCUT2D eigenvalue weighted by Gasteiger charge is 2.23. The van der Waals surface area contributed by atoms with Gasteiger partial charge in [-0.15, -0.1) is 0 Å². The van der Waals surface area contributed by atoms with Gasteiger partial charge in [-0.2, -0.15) is 0 Å². The third kappa shape index (κ3) is 4.92. The van der Waals surface area contributed by atoms with Crippen molar-refractivity contribution in [2.24, 2.45) is 5.92 Å². The minimum Gasteiger partial charge on any atom is -0.371 e. The summed E-state index contributed by atoms with van der Waals surface area (Å²) in [5.74, 6) is 0.454. The fourth-order valence-corrected chi connectivity index (χ4v) is 3.98. The topological polar surface area (TPSA) is 44.4 Å². The maximum absolute atomic E-state index is 12.2. The van der Waals surface area contributed by atoms with Crippen LogP contribution in [0, 0.1) is 5.92 Å². The third-order valence-electron chi connectivity index (χ3n) is 4.73. The number of nitrogens with zero attached hydrogens (tertiary/aromatic N) is 1. The van der Waals surface area contributed by atoms with Crippen molar-refractivity contribution in [1.29, 1.82) is 0 Å². The Morgan fingerprint density at radius 1 is 1.31 bits per heavy atom. The highest BCUT2D eigenvalue weighted by Crippen LogP contribution is 2.26. The van der Waals surface area contributed by atoms with Gasteiger partial charge in [-0.05, 0) is 49.1 Å². The Kier molecular flexibility index (Phi) is 6.43. The van der Waals surface area contributed by atoms with Gasteiger partial charge in [-0.1, -0.05) is 51.8 Å². The normalized spacial score (nSPS) is 17.8. The van der Waals surface area contributed by atoms with Crippen molar-refractivity contribution in [2.75, 3.05) is 24.5 Å². The number of nitrogens with one attached hydrogen (secondary N) is 2. The largest absolute Gasteiger partial charge is 0.371 e. The van der Waals surface area contributed by atoms with Crippen LogP contribution in [0.5, 0.6) is 0 Å². The number of carbonyl (C=O) groups is 1. The van der Waals surface area contributed by atoms with Gasteiger partial charge in [0.25, 0.3) is 0 Å². The Hall–Kier alpha value is -1.72. The number of amides is 2. The number of hydrogen-bond donors (Lipinski definition) is 2. The van der Waals surface area contributed by atoms with Gasteiger partial charge in [0.1, 0.15) is 0 Å². The molecule has 2 aromatic carbocycles. The standard InChI is InChI=1S/C20H23BrClN3O/c1-14(18-7-2-3-8-19(18)22)24-20(26)23-12-15-9-10-25(13-15)17-6-4-5-16(21)11-17/h2-8,11,14-15H,9-10,12-13H2,1H3,(H2,23,24,26). The molecule has 0 radical (unpaired) electrons. The maximum Gasteiger partial charge on any atom is 0.315 e. The van der Waals surface area contributed by atoms with Crippen LogP contribution in [0.3, 0.4) is 0 Å². The number of carbonyl (C=O) groups excluding carboxylic acids is 1. The zero-order valence-electron chi connectivity index (χ0n) is 14.7. The van der Waals surface area contributed by atoms with Crippen molar-refractivity contribution < 1.29 is 4.79 Å². The number of benzene rings is 2. The zero-order chi connectivity index (χ0) is 18.5. The van der Waals surface area contributed by atoms with Gasteiger partial charge >= 0.3 is 6.03 Å². The van der Waals surface area contributed by atoms with E-state index in [1.807, 2.05) is 37.3 Å². The Labute approximate surface area is 168 Å². The van der Waals surface area contributed by atoms with E-state index >= 15 is 0 Å². The first-order valence-electron chi connectivity index (χ1n) is 8.82. The lowest BCUT2D eigenvalue weighted by atomic mass is 10.1. The highest BCUT2D eigenvalue weighted by atomic mass is 79.9. The van der Waals surface area contributed by atoms with Gasteiger partial charge in [-0.25, -0.2) is 4.79 Å². The summed E-state index contributed by atoms with van der Waals surface area (Å²) in [7, 11) is 0. The molecular formula is C20H23BrClN3O. The van der Waals surface area contributed by atoms with Crippen LogP contribution in [-0.2, 0) is 0 Å². The molecule has 0 saturated carbocycles. The van der Waals surface area contributed by atoms with E-state index in [-0.39, 0.29) is 12.1 Å². The number of hydrogen-bond acceptors (Lipinski definition) is 2. The predicted molar refractivity (Wildman–Crippen MR) is 111 cm³/mol. The number of anilines is 1. The Morgan fingerprint density at radius 3 is 2.88 bits per heavy atom. The highest BCUT2D eigenvalue weighted by molar-refractivity contribution is 9.10. The molecule has 6 heteroatoms. The maximum atomic E-state index is 12.2. The second-order valence-electron chi connectivity index (χ2n) is 6.68. The minimum atomic E-state index is -0.154. The monoisotopic (exact) mass is 435 g/mol. The molecule has 138 valence electrons. The van der Waals surface area contributed by atoms with Gasteiger partial charge in [-0.3, -0.25) is 0 Å². The van der Waals surface area contributed by atoms with E-state index in [2.05, 4.69) is 49.7 Å². The fourth-order valence-electron chi connectivity index (χ4n) is 3.30. The molecule has 3 rings (SSSR count). The van der Waals surface area contributed by atoms with Crippen molar-refractivity contribution in [3.05, 3.63) is 63.6 Å². The average Bonchev–Trinajstić information content (AvgIpc) is 3.09. The molecule has 2 unspecified atom stereocenters. The van der Waals surface area contributed by atoms with Crippen LogP contribution < -0.4 is 15.5 Å². The summed E-state index contributed by atoms with van der Waals surface area (Å²) >= 11 is 9.71. The third-order valence-corrected chi connectivity index (χ3v) is 5.57. The van der Waals surface area contributed by atoms with Gasteiger partial charge in [0.15, 0.2) is 0 Å². The molecule has 26 heavy (non-hydrogen) atoms. The van der Waals surface area contributed by atoms with Crippen LogP contribution in [0.15, 0.2) is 53.0 Å². The second-order valence-corrected chi connectivity index (χ2v) is 8.00. The first-order valence-corrected chi connectivity index (χ1v) is 9.99. The number of halogens is 2. The summed E-state index contributed by atoms with van der Waals surface area (Å²) in [5, 5.41) is 6.62. The molecule has 1 heterocycles. The van der Waals surface area contributed by atoms with Gasteiger partial charge in [0.05, 0.1) is 6.04 Å². The second kappa shape index (κ2) is 8.78. The molecule has 2 N–H and O–H groups in total. The van der Waals surface area contributed by atoms with Crippen molar-refractivity contribution in [2.45, 2.75) is 19.4 Å². The summed E-state index contributed by atoms with van der Waals surface area (Å²) < 4.78 is 1.09. The SMILES string of the molecule is CC(NC(=O)NCC1CCN(c2cccc(Br)c2)C1)c1ccccc1Cl. The molecule has 1 saturated heterocycles. The molecule has 2 atom stereocenters. The smallest absolute Gasteiger partial charge is 0.315 e. The first-order chi connectivity index (χ1) is 12.5. The molecule has 1 aliphatic rings. The van der Waals surface area contributed by atoms with E-state index in [4.69, 9.17) is 11.6 Å². The van der Waals surface area contributed by atoms with Crippen LogP contribution in [0.25, 0.3) is 0 Å². The van der Waals surface area contributed by atoms with Crippen LogP contribution in [0.1, 0.15) is 24.9 Å². The van der Waals surface area contributed by atoms with E-state index in [0.29, 0.717) is 17.5 Å². The van der Waals surface area contributed by atoms with Gasteiger partial charge in [0, 0.05) is 34.8 Å². The van der Waals surface area contributed by atoms with Crippen molar-refractivity contribution in [3.8, 4) is 0 Å². The molecule has 4 nitrogen and oxygen atoms in total. The summed E-state index contributed by atoms with van der Waals surface area (Å²) in [5.41, 5.74) is 2.14. The van der Waals surface area contributed by atoms with Gasteiger partial charge < -0.3 is 15.5 Å².